The van der Waals surface area contributed by atoms with Gasteiger partial charge in [-0.05, 0) is 57.5 Å². The fourth-order valence-corrected chi connectivity index (χ4v) is 3.80. The second kappa shape index (κ2) is 6.57. The molecule has 0 N–H and O–H groups in total. The van der Waals surface area contributed by atoms with Crippen molar-refractivity contribution >= 4 is 5.91 Å². The first-order valence-corrected chi connectivity index (χ1v) is 8.35. The smallest absolute Gasteiger partial charge is 0.244 e. The van der Waals surface area contributed by atoms with Gasteiger partial charge in [-0.25, -0.2) is 4.39 Å². The van der Waals surface area contributed by atoms with Crippen LogP contribution in [-0.4, -0.2) is 55.1 Å². The lowest BCUT2D eigenvalue weighted by Gasteiger charge is -2.40. The van der Waals surface area contributed by atoms with Crippen molar-refractivity contribution in [3.8, 4) is 0 Å². The van der Waals surface area contributed by atoms with Gasteiger partial charge in [0.1, 0.15) is 11.9 Å². The molecule has 0 unspecified atom stereocenters. The van der Waals surface area contributed by atoms with Crippen LogP contribution in [0.4, 0.5) is 4.39 Å². The average molecular weight is 320 g/mol. The Morgan fingerprint density at radius 2 is 2.04 bits per heavy atom. The normalized spacial score (nSPS) is 21.8. The minimum atomic E-state index is -0.441. The van der Waals surface area contributed by atoms with Gasteiger partial charge >= 0.3 is 0 Å². The monoisotopic (exact) mass is 320 g/mol. The van der Waals surface area contributed by atoms with Gasteiger partial charge in [0, 0.05) is 19.7 Å². The second-order valence-electron chi connectivity index (χ2n) is 6.88. The molecule has 0 radical (unpaired) electrons. The first kappa shape index (κ1) is 16.4. The second-order valence-corrected chi connectivity index (χ2v) is 6.88. The first-order chi connectivity index (χ1) is 11.0. The van der Waals surface area contributed by atoms with Crippen molar-refractivity contribution in [3.05, 3.63) is 35.6 Å². The number of amides is 1. The van der Waals surface area contributed by atoms with Crippen LogP contribution < -0.4 is 0 Å². The molecule has 1 aromatic carbocycles. The molecule has 0 aliphatic carbocycles. The van der Waals surface area contributed by atoms with Crippen molar-refractivity contribution in [2.24, 2.45) is 0 Å². The van der Waals surface area contributed by atoms with Crippen LogP contribution in [0.25, 0.3) is 0 Å². The number of halogens is 1. The van der Waals surface area contributed by atoms with Crippen molar-refractivity contribution in [2.45, 2.75) is 37.3 Å². The number of piperidine rings is 1. The molecule has 1 amide bonds. The Bertz CT molecular complexity index is 560. The summed E-state index contributed by atoms with van der Waals surface area (Å²) in [6.07, 6.45) is 4.04. The summed E-state index contributed by atoms with van der Waals surface area (Å²) in [6, 6.07) is 5.89. The van der Waals surface area contributed by atoms with E-state index in [9.17, 15) is 9.18 Å². The molecule has 4 nitrogen and oxygen atoms in total. The number of hydrogen-bond donors (Lipinski definition) is 0. The zero-order chi connectivity index (χ0) is 16.4. The van der Waals surface area contributed by atoms with Crippen LogP contribution in [0.1, 0.15) is 37.3 Å². The molecule has 126 valence electrons. The summed E-state index contributed by atoms with van der Waals surface area (Å²) in [5.74, 6) is -0.257. The van der Waals surface area contributed by atoms with Crippen LogP contribution in [0.3, 0.4) is 0 Å². The highest BCUT2D eigenvalue weighted by molar-refractivity contribution is 5.83. The number of likely N-dealkylation sites (N-methyl/N-ethyl adjacent to an activating group) is 1. The summed E-state index contributed by atoms with van der Waals surface area (Å²) >= 11 is 0. The van der Waals surface area contributed by atoms with Gasteiger partial charge in [-0.15, -0.1) is 0 Å². The standard InChI is InChI=1S/C18H25FN2O2/c1-20(2)16(14-5-3-6-15(19)13-14)17(22)21-10-8-18(9-11-21)7-4-12-23-18/h3,5-6,13,16H,4,7-12H2,1-2H3/t16-/m1/s1. The molecule has 0 aromatic heterocycles. The number of rotatable bonds is 3. The fraction of sp³-hybridized carbons (Fsp3) is 0.611. The maximum atomic E-state index is 13.5. The van der Waals surface area contributed by atoms with Gasteiger partial charge in [0.25, 0.3) is 0 Å². The Morgan fingerprint density at radius 1 is 1.30 bits per heavy atom. The van der Waals surface area contributed by atoms with E-state index >= 15 is 0 Å². The highest BCUT2D eigenvalue weighted by atomic mass is 19.1. The lowest BCUT2D eigenvalue weighted by atomic mass is 9.88. The van der Waals surface area contributed by atoms with E-state index in [4.69, 9.17) is 4.74 Å². The van der Waals surface area contributed by atoms with E-state index in [1.807, 2.05) is 30.0 Å². The summed E-state index contributed by atoms with van der Waals surface area (Å²) in [5.41, 5.74) is 0.709. The zero-order valence-electron chi connectivity index (χ0n) is 13.9. The molecular formula is C18H25FN2O2. The molecule has 2 fully saturated rings. The van der Waals surface area contributed by atoms with Crippen molar-refractivity contribution in [2.75, 3.05) is 33.8 Å². The summed E-state index contributed by atoms with van der Waals surface area (Å²) in [5, 5.41) is 0. The van der Waals surface area contributed by atoms with Crippen molar-refractivity contribution in [3.63, 3.8) is 0 Å². The summed E-state index contributed by atoms with van der Waals surface area (Å²) < 4.78 is 19.5. The molecule has 3 rings (SSSR count). The van der Waals surface area contributed by atoms with E-state index in [1.165, 1.54) is 12.1 Å². The SMILES string of the molecule is CN(C)[C@@H](C(=O)N1CCC2(CCCO2)CC1)c1cccc(F)c1. The third-order valence-electron chi connectivity index (χ3n) is 5.09. The Hall–Kier alpha value is -1.46. The third-order valence-corrected chi connectivity index (χ3v) is 5.09. The molecule has 2 aliphatic heterocycles. The number of ether oxygens (including phenoxy) is 1. The molecule has 23 heavy (non-hydrogen) atoms. The Kier molecular flexibility index (Phi) is 4.69. The Morgan fingerprint density at radius 3 is 2.61 bits per heavy atom. The lowest BCUT2D eigenvalue weighted by Crippen LogP contribution is -2.49. The fourth-order valence-electron chi connectivity index (χ4n) is 3.80. The topological polar surface area (TPSA) is 32.8 Å². The van der Waals surface area contributed by atoms with Gasteiger partial charge in [-0.2, -0.15) is 0 Å². The molecule has 2 heterocycles. The molecule has 1 atom stereocenters. The molecule has 1 aromatic rings. The summed E-state index contributed by atoms with van der Waals surface area (Å²) in [4.78, 5) is 16.7. The predicted molar refractivity (Wildman–Crippen MR) is 86.6 cm³/mol. The largest absolute Gasteiger partial charge is 0.375 e. The van der Waals surface area contributed by atoms with Crippen molar-refractivity contribution < 1.29 is 13.9 Å². The summed E-state index contributed by atoms with van der Waals surface area (Å²) in [6.45, 7) is 2.29. The van der Waals surface area contributed by atoms with Crippen LogP contribution in [0.5, 0.6) is 0 Å². The van der Waals surface area contributed by atoms with Crippen molar-refractivity contribution in [1.82, 2.24) is 9.80 Å². The third kappa shape index (κ3) is 3.40. The molecule has 0 bridgehead atoms. The van der Waals surface area contributed by atoms with E-state index in [0.29, 0.717) is 5.56 Å². The number of hydrogen-bond acceptors (Lipinski definition) is 3. The number of carbonyl (C=O) groups is 1. The van der Waals surface area contributed by atoms with Gasteiger partial charge in [0.05, 0.1) is 5.60 Å². The van der Waals surface area contributed by atoms with Gasteiger partial charge in [-0.3, -0.25) is 9.69 Å². The average Bonchev–Trinajstić information content (AvgIpc) is 2.96. The van der Waals surface area contributed by atoms with E-state index in [0.717, 1.165) is 45.4 Å². The number of benzene rings is 1. The Balaban J connectivity index is 1.72. The predicted octanol–water partition coefficient (Wildman–Crippen LogP) is 2.60. The van der Waals surface area contributed by atoms with Crippen molar-refractivity contribution in [1.29, 1.82) is 0 Å². The first-order valence-electron chi connectivity index (χ1n) is 8.35. The number of carbonyl (C=O) groups excluding carboxylic acids is 1. The molecule has 5 heteroatoms. The maximum absolute atomic E-state index is 13.5. The van der Waals surface area contributed by atoms with Crippen LogP contribution >= 0.6 is 0 Å². The van der Waals surface area contributed by atoms with E-state index in [1.54, 1.807) is 6.07 Å². The molecule has 0 saturated carbocycles. The van der Waals surface area contributed by atoms with Gasteiger partial charge in [0.15, 0.2) is 0 Å². The highest BCUT2D eigenvalue weighted by Gasteiger charge is 2.40. The zero-order valence-corrected chi connectivity index (χ0v) is 13.9. The van der Waals surface area contributed by atoms with Crippen LogP contribution in [0.15, 0.2) is 24.3 Å². The van der Waals surface area contributed by atoms with Crippen LogP contribution in [-0.2, 0) is 9.53 Å². The molecule has 1 spiro atoms. The van der Waals surface area contributed by atoms with Crippen LogP contribution in [0, 0.1) is 5.82 Å². The molecule has 2 aliphatic rings. The maximum Gasteiger partial charge on any atom is 0.244 e. The summed E-state index contributed by atoms with van der Waals surface area (Å²) in [7, 11) is 3.72. The van der Waals surface area contributed by atoms with Gasteiger partial charge in [0.2, 0.25) is 5.91 Å². The minimum absolute atomic E-state index is 0.00322. The minimum Gasteiger partial charge on any atom is -0.375 e. The molecular weight excluding hydrogens is 295 g/mol. The molecule has 2 saturated heterocycles. The van der Waals surface area contributed by atoms with E-state index in [-0.39, 0.29) is 17.3 Å². The highest BCUT2D eigenvalue weighted by Crippen LogP contribution is 2.36. The van der Waals surface area contributed by atoms with Crippen LogP contribution in [0.2, 0.25) is 0 Å². The Labute approximate surface area is 137 Å². The van der Waals surface area contributed by atoms with E-state index in [2.05, 4.69) is 0 Å². The van der Waals surface area contributed by atoms with Gasteiger partial charge < -0.3 is 9.64 Å². The lowest BCUT2D eigenvalue weighted by molar-refractivity contribution is -0.141. The number of likely N-dealkylation sites (tertiary alicyclic amines) is 1. The van der Waals surface area contributed by atoms with Gasteiger partial charge in [-0.1, -0.05) is 12.1 Å². The van der Waals surface area contributed by atoms with E-state index < -0.39 is 6.04 Å². The number of nitrogens with zero attached hydrogens (tertiary/aromatic N) is 2. The quantitative estimate of drug-likeness (QED) is 0.858.